The first-order valence-electron chi connectivity index (χ1n) is 9.21. The standard InChI is InChI=1S/C19H22F3N3O3/c1-3-27-18(26)14-7-5-9-25(11-14)12(2)17-23-16(24-28-17)13-6-4-8-15(10-13)19(20,21)22/h4,6,8,10,12,14H,3,5,7,9,11H2,1-2H3. The number of aromatic nitrogens is 2. The SMILES string of the molecule is CCOC(=O)C1CCCN(C(C)c2nc(-c3cccc(C(F)(F)F)c3)no2)C1. The quantitative estimate of drug-likeness (QED) is 0.708. The van der Waals surface area contributed by atoms with Gasteiger partial charge in [0.25, 0.3) is 0 Å². The smallest absolute Gasteiger partial charge is 0.416 e. The van der Waals surface area contributed by atoms with Gasteiger partial charge in [-0.3, -0.25) is 9.69 Å². The Labute approximate surface area is 160 Å². The molecule has 0 aliphatic carbocycles. The third-order valence-corrected chi connectivity index (χ3v) is 4.87. The second kappa shape index (κ2) is 8.30. The van der Waals surface area contributed by atoms with Gasteiger partial charge in [0.15, 0.2) is 0 Å². The maximum absolute atomic E-state index is 12.9. The van der Waals surface area contributed by atoms with Crippen LogP contribution in [-0.2, 0) is 15.7 Å². The van der Waals surface area contributed by atoms with Gasteiger partial charge in [0.1, 0.15) is 0 Å². The van der Waals surface area contributed by atoms with Crippen molar-refractivity contribution in [1.82, 2.24) is 15.0 Å². The Morgan fingerprint density at radius 3 is 2.93 bits per heavy atom. The van der Waals surface area contributed by atoms with Gasteiger partial charge in [0, 0.05) is 12.1 Å². The van der Waals surface area contributed by atoms with E-state index in [-0.39, 0.29) is 29.3 Å². The molecule has 0 bridgehead atoms. The van der Waals surface area contributed by atoms with Crippen molar-refractivity contribution in [3.63, 3.8) is 0 Å². The molecule has 0 saturated carbocycles. The lowest BCUT2D eigenvalue weighted by Crippen LogP contribution is -2.40. The molecule has 0 amide bonds. The number of alkyl halides is 3. The maximum atomic E-state index is 12.9. The van der Waals surface area contributed by atoms with Crippen molar-refractivity contribution in [3.8, 4) is 11.4 Å². The number of esters is 1. The molecule has 6 nitrogen and oxygen atoms in total. The molecule has 0 N–H and O–H groups in total. The Hall–Kier alpha value is -2.42. The third-order valence-electron chi connectivity index (χ3n) is 4.87. The van der Waals surface area contributed by atoms with Crippen LogP contribution >= 0.6 is 0 Å². The fourth-order valence-corrected chi connectivity index (χ4v) is 3.32. The van der Waals surface area contributed by atoms with E-state index >= 15 is 0 Å². The van der Waals surface area contributed by atoms with Gasteiger partial charge in [-0.2, -0.15) is 18.2 Å². The zero-order valence-corrected chi connectivity index (χ0v) is 15.7. The first-order valence-corrected chi connectivity index (χ1v) is 9.21. The lowest BCUT2D eigenvalue weighted by atomic mass is 9.97. The molecule has 1 fully saturated rings. The van der Waals surface area contributed by atoms with Crippen LogP contribution in [0.4, 0.5) is 13.2 Å². The number of halogens is 3. The monoisotopic (exact) mass is 397 g/mol. The lowest BCUT2D eigenvalue weighted by Gasteiger charge is -2.34. The number of benzene rings is 1. The first kappa shape index (κ1) is 20.3. The summed E-state index contributed by atoms with van der Waals surface area (Å²) in [6.07, 6.45) is -2.84. The van der Waals surface area contributed by atoms with Crippen molar-refractivity contribution < 1.29 is 27.2 Å². The van der Waals surface area contributed by atoms with Crippen molar-refractivity contribution >= 4 is 5.97 Å². The minimum absolute atomic E-state index is 0.104. The fraction of sp³-hybridized carbons (Fsp3) is 0.526. The van der Waals surface area contributed by atoms with Crippen LogP contribution < -0.4 is 0 Å². The van der Waals surface area contributed by atoms with E-state index in [0.717, 1.165) is 31.5 Å². The van der Waals surface area contributed by atoms with Gasteiger partial charge in [0.05, 0.1) is 24.1 Å². The predicted molar refractivity (Wildman–Crippen MR) is 94.1 cm³/mol. The molecule has 1 aliphatic heterocycles. The number of carbonyl (C=O) groups is 1. The van der Waals surface area contributed by atoms with Crippen LogP contribution in [0.5, 0.6) is 0 Å². The number of rotatable bonds is 5. The first-order chi connectivity index (χ1) is 13.3. The molecular formula is C19H22F3N3O3. The van der Waals surface area contributed by atoms with Crippen LogP contribution in [0, 0.1) is 5.92 Å². The number of hydrogen-bond acceptors (Lipinski definition) is 6. The van der Waals surface area contributed by atoms with Crippen LogP contribution in [0.3, 0.4) is 0 Å². The highest BCUT2D eigenvalue weighted by molar-refractivity contribution is 5.72. The molecule has 1 aromatic carbocycles. The van der Waals surface area contributed by atoms with Gasteiger partial charge in [-0.1, -0.05) is 17.3 Å². The van der Waals surface area contributed by atoms with E-state index in [9.17, 15) is 18.0 Å². The second-order valence-electron chi connectivity index (χ2n) is 6.80. The van der Waals surface area contributed by atoms with Crippen molar-refractivity contribution in [2.24, 2.45) is 5.92 Å². The molecule has 0 spiro atoms. The largest absolute Gasteiger partial charge is 0.466 e. The van der Waals surface area contributed by atoms with Crippen LogP contribution in [0.25, 0.3) is 11.4 Å². The van der Waals surface area contributed by atoms with Crippen molar-refractivity contribution in [2.45, 2.75) is 38.9 Å². The van der Waals surface area contributed by atoms with E-state index in [4.69, 9.17) is 9.26 Å². The highest BCUT2D eigenvalue weighted by atomic mass is 19.4. The molecule has 28 heavy (non-hydrogen) atoms. The number of hydrogen-bond donors (Lipinski definition) is 0. The normalized spacial score (nSPS) is 19.4. The second-order valence-corrected chi connectivity index (χ2v) is 6.80. The summed E-state index contributed by atoms with van der Waals surface area (Å²) in [4.78, 5) is 18.3. The number of carbonyl (C=O) groups excluding carboxylic acids is 1. The molecule has 2 heterocycles. The molecule has 1 aliphatic rings. The number of ether oxygens (including phenoxy) is 1. The van der Waals surface area contributed by atoms with Crippen LogP contribution in [0.15, 0.2) is 28.8 Å². The third kappa shape index (κ3) is 4.52. The van der Waals surface area contributed by atoms with Crippen molar-refractivity contribution in [3.05, 3.63) is 35.7 Å². The van der Waals surface area contributed by atoms with Gasteiger partial charge in [0.2, 0.25) is 11.7 Å². The van der Waals surface area contributed by atoms with Crippen LogP contribution in [-0.4, -0.2) is 40.7 Å². The molecule has 2 aromatic rings. The fourth-order valence-electron chi connectivity index (χ4n) is 3.32. The molecule has 2 unspecified atom stereocenters. The summed E-state index contributed by atoms with van der Waals surface area (Å²) in [5, 5.41) is 3.84. The molecule has 0 radical (unpaired) electrons. The zero-order valence-electron chi connectivity index (χ0n) is 15.7. The number of likely N-dealkylation sites (tertiary alicyclic amines) is 1. The Balaban J connectivity index is 1.74. The zero-order chi connectivity index (χ0) is 20.3. The molecule has 1 saturated heterocycles. The topological polar surface area (TPSA) is 68.5 Å². The van der Waals surface area contributed by atoms with Gasteiger partial charge in [-0.15, -0.1) is 0 Å². The Bertz CT molecular complexity index is 822. The van der Waals surface area contributed by atoms with Gasteiger partial charge in [-0.25, -0.2) is 0 Å². The van der Waals surface area contributed by atoms with E-state index in [1.165, 1.54) is 12.1 Å². The predicted octanol–water partition coefficient (Wildman–Crippen LogP) is 4.09. The minimum Gasteiger partial charge on any atom is -0.466 e. The van der Waals surface area contributed by atoms with Crippen LogP contribution in [0.2, 0.25) is 0 Å². The molecular weight excluding hydrogens is 375 g/mol. The summed E-state index contributed by atoms with van der Waals surface area (Å²) in [6.45, 7) is 5.26. The lowest BCUT2D eigenvalue weighted by molar-refractivity contribution is -0.150. The summed E-state index contributed by atoms with van der Waals surface area (Å²) in [6, 6.07) is 4.55. The summed E-state index contributed by atoms with van der Waals surface area (Å²) in [5.41, 5.74) is -0.530. The summed E-state index contributed by atoms with van der Waals surface area (Å²) >= 11 is 0. The summed E-state index contributed by atoms with van der Waals surface area (Å²) in [5.74, 6) is -0.0135. The van der Waals surface area contributed by atoms with E-state index in [1.807, 2.05) is 6.92 Å². The highest BCUT2D eigenvalue weighted by Gasteiger charge is 2.33. The van der Waals surface area contributed by atoms with E-state index in [0.29, 0.717) is 19.0 Å². The maximum Gasteiger partial charge on any atom is 0.416 e. The average molecular weight is 397 g/mol. The van der Waals surface area contributed by atoms with E-state index < -0.39 is 11.7 Å². The Morgan fingerprint density at radius 2 is 2.21 bits per heavy atom. The molecule has 1 aromatic heterocycles. The summed E-state index contributed by atoms with van der Waals surface area (Å²) in [7, 11) is 0. The van der Waals surface area contributed by atoms with Gasteiger partial charge in [-0.05, 0) is 45.4 Å². The van der Waals surface area contributed by atoms with Gasteiger partial charge < -0.3 is 9.26 Å². The van der Waals surface area contributed by atoms with E-state index in [1.54, 1.807) is 6.92 Å². The van der Waals surface area contributed by atoms with Crippen LogP contribution in [0.1, 0.15) is 44.2 Å². The minimum atomic E-state index is -4.44. The molecule has 9 heteroatoms. The molecule has 2 atom stereocenters. The highest BCUT2D eigenvalue weighted by Crippen LogP contribution is 2.32. The number of piperidine rings is 1. The van der Waals surface area contributed by atoms with Gasteiger partial charge >= 0.3 is 12.1 Å². The average Bonchev–Trinajstić information content (AvgIpc) is 3.17. The number of nitrogens with zero attached hydrogens (tertiary/aromatic N) is 3. The van der Waals surface area contributed by atoms with E-state index in [2.05, 4.69) is 15.0 Å². The van der Waals surface area contributed by atoms with Crippen molar-refractivity contribution in [1.29, 1.82) is 0 Å². The Morgan fingerprint density at radius 1 is 1.43 bits per heavy atom. The Kier molecular flexibility index (Phi) is 6.02. The molecule has 3 rings (SSSR count). The van der Waals surface area contributed by atoms with Crippen molar-refractivity contribution in [2.75, 3.05) is 19.7 Å². The summed E-state index contributed by atoms with van der Waals surface area (Å²) < 4.78 is 49.1. The molecule has 152 valence electrons.